The molecule has 1 N–H and O–H groups in total. The van der Waals surface area contributed by atoms with E-state index in [1.165, 1.54) is 18.4 Å². The van der Waals surface area contributed by atoms with Crippen molar-refractivity contribution in [2.45, 2.75) is 25.8 Å². The van der Waals surface area contributed by atoms with Gasteiger partial charge in [-0.1, -0.05) is 18.2 Å². The average molecular weight is 205 g/mol. The van der Waals surface area contributed by atoms with Crippen molar-refractivity contribution in [1.29, 1.82) is 0 Å². The van der Waals surface area contributed by atoms with Gasteiger partial charge in [0, 0.05) is 6.04 Å². The summed E-state index contributed by atoms with van der Waals surface area (Å²) >= 11 is 0. The molecule has 2 nitrogen and oxygen atoms in total. The zero-order chi connectivity index (χ0) is 10.7. The van der Waals surface area contributed by atoms with Gasteiger partial charge in [0.15, 0.2) is 0 Å². The molecular formula is C13H19NO. The van der Waals surface area contributed by atoms with Gasteiger partial charge in [-0.2, -0.15) is 0 Å². The van der Waals surface area contributed by atoms with Crippen LogP contribution in [0.3, 0.4) is 0 Å². The van der Waals surface area contributed by atoms with Crippen LogP contribution in [0.5, 0.6) is 5.75 Å². The molecule has 1 saturated carbocycles. The van der Waals surface area contributed by atoms with Gasteiger partial charge in [0.1, 0.15) is 12.4 Å². The number of likely N-dealkylation sites (N-methyl/N-ethyl adjacent to an activating group) is 1. The Bertz CT molecular complexity index is 320. The van der Waals surface area contributed by atoms with E-state index in [4.69, 9.17) is 4.74 Å². The number of hydrogen-bond donors (Lipinski definition) is 1. The van der Waals surface area contributed by atoms with Gasteiger partial charge in [-0.15, -0.1) is 0 Å². The third kappa shape index (κ3) is 2.72. The van der Waals surface area contributed by atoms with Gasteiger partial charge in [0.25, 0.3) is 0 Å². The topological polar surface area (TPSA) is 21.3 Å². The minimum Gasteiger partial charge on any atom is -0.492 e. The van der Waals surface area contributed by atoms with Gasteiger partial charge in [-0.3, -0.25) is 0 Å². The standard InChI is InChI=1S/C13H19NO/c1-10-5-3-4-6-13(10)15-9-12(14-2)11-7-8-11/h3-6,11-12,14H,7-9H2,1-2H3/t12-/m0/s1. The summed E-state index contributed by atoms with van der Waals surface area (Å²) in [5.41, 5.74) is 1.21. The SMILES string of the molecule is CN[C@@H](COc1ccccc1C)C1CC1. The van der Waals surface area contributed by atoms with Crippen LogP contribution in [-0.2, 0) is 0 Å². The Labute approximate surface area is 91.6 Å². The van der Waals surface area contributed by atoms with Crippen molar-refractivity contribution in [2.24, 2.45) is 5.92 Å². The molecule has 0 bridgehead atoms. The van der Waals surface area contributed by atoms with Crippen molar-refractivity contribution in [3.05, 3.63) is 29.8 Å². The van der Waals surface area contributed by atoms with E-state index in [1.807, 2.05) is 25.2 Å². The van der Waals surface area contributed by atoms with Crippen molar-refractivity contribution in [3.63, 3.8) is 0 Å². The summed E-state index contributed by atoms with van der Waals surface area (Å²) in [5.74, 6) is 1.84. The van der Waals surface area contributed by atoms with Gasteiger partial charge in [0.2, 0.25) is 0 Å². The lowest BCUT2D eigenvalue weighted by Gasteiger charge is -2.17. The molecule has 1 aromatic carbocycles. The van der Waals surface area contributed by atoms with Crippen LogP contribution in [-0.4, -0.2) is 19.7 Å². The number of rotatable bonds is 5. The van der Waals surface area contributed by atoms with Crippen molar-refractivity contribution >= 4 is 0 Å². The lowest BCUT2D eigenvalue weighted by molar-refractivity contribution is 0.255. The van der Waals surface area contributed by atoms with Gasteiger partial charge >= 0.3 is 0 Å². The normalized spacial score (nSPS) is 17.5. The fourth-order valence-electron chi connectivity index (χ4n) is 1.85. The van der Waals surface area contributed by atoms with E-state index >= 15 is 0 Å². The zero-order valence-corrected chi connectivity index (χ0v) is 9.49. The van der Waals surface area contributed by atoms with Gasteiger partial charge in [-0.05, 0) is 44.4 Å². The highest BCUT2D eigenvalue weighted by atomic mass is 16.5. The summed E-state index contributed by atoms with van der Waals surface area (Å²) in [6.45, 7) is 2.87. The van der Waals surface area contributed by atoms with Crippen molar-refractivity contribution in [3.8, 4) is 5.75 Å². The second kappa shape index (κ2) is 4.67. The summed E-state index contributed by atoms with van der Waals surface area (Å²) in [5, 5.41) is 3.33. The van der Waals surface area contributed by atoms with E-state index in [9.17, 15) is 0 Å². The number of aryl methyl sites for hydroxylation is 1. The number of para-hydroxylation sites is 1. The van der Waals surface area contributed by atoms with Gasteiger partial charge in [-0.25, -0.2) is 0 Å². The Morgan fingerprint density at radius 1 is 1.40 bits per heavy atom. The molecule has 1 atom stereocenters. The maximum absolute atomic E-state index is 5.83. The highest BCUT2D eigenvalue weighted by Crippen LogP contribution is 2.32. The molecule has 15 heavy (non-hydrogen) atoms. The fourth-order valence-corrected chi connectivity index (χ4v) is 1.85. The van der Waals surface area contributed by atoms with Crippen molar-refractivity contribution in [1.82, 2.24) is 5.32 Å². The van der Waals surface area contributed by atoms with Crippen LogP contribution < -0.4 is 10.1 Å². The summed E-state index contributed by atoms with van der Waals surface area (Å²) < 4.78 is 5.83. The predicted molar refractivity (Wildman–Crippen MR) is 62.2 cm³/mol. The van der Waals surface area contributed by atoms with Crippen molar-refractivity contribution in [2.75, 3.05) is 13.7 Å². The van der Waals surface area contributed by atoms with Crippen LogP contribution in [0.4, 0.5) is 0 Å². The molecular weight excluding hydrogens is 186 g/mol. The van der Waals surface area contributed by atoms with Crippen LogP contribution in [0.2, 0.25) is 0 Å². The van der Waals surface area contributed by atoms with Crippen LogP contribution in [0.1, 0.15) is 18.4 Å². The van der Waals surface area contributed by atoms with Crippen LogP contribution in [0.25, 0.3) is 0 Å². The Balaban J connectivity index is 1.89. The Kier molecular flexibility index (Phi) is 3.27. The number of ether oxygens (including phenoxy) is 1. The summed E-state index contributed by atoms with van der Waals surface area (Å²) in [6, 6.07) is 8.70. The third-order valence-electron chi connectivity index (χ3n) is 3.07. The molecule has 0 amide bonds. The molecule has 0 radical (unpaired) electrons. The first-order chi connectivity index (χ1) is 7.31. The molecule has 1 aliphatic rings. The molecule has 0 saturated heterocycles. The van der Waals surface area contributed by atoms with E-state index in [0.29, 0.717) is 6.04 Å². The fraction of sp³-hybridized carbons (Fsp3) is 0.538. The molecule has 2 heteroatoms. The minimum absolute atomic E-state index is 0.518. The van der Waals surface area contributed by atoms with Crippen LogP contribution in [0, 0.1) is 12.8 Å². The number of nitrogens with one attached hydrogen (secondary N) is 1. The number of hydrogen-bond acceptors (Lipinski definition) is 2. The molecule has 1 aliphatic carbocycles. The Morgan fingerprint density at radius 3 is 2.73 bits per heavy atom. The maximum Gasteiger partial charge on any atom is 0.122 e. The van der Waals surface area contributed by atoms with E-state index in [0.717, 1.165) is 18.3 Å². The highest BCUT2D eigenvalue weighted by Gasteiger charge is 2.30. The molecule has 82 valence electrons. The molecule has 0 unspecified atom stereocenters. The van der Waals surface area contributed by atoms with E-state index < -0.39 is 0 Å². The molecule has 0 spiro atoms. The van der Waals surface area contributed by atoms with Gasteiger partial charge < -0.3 is 10.1 Å². The van der Waals surface area contributed by atoms with Gasteiger partial charge in [0.05, 0.1) is 0 Å². The second-order valence-electron chi connectivity index (χ2n) is 4.31. The monoisotopic (exact) mass is 205 g/mol. The lowest BCUT2D eigenvalue weighted by Crippen LogP contribution is -2.33. The average Bonchev–Trinajstić information content (AvgIpc) is 3.06. The van der Waals surface area contributed by atoms with Crippen LogP contribution in [0.15, 0.2) is 24.3 Å². The summed E-state index contributed by atoms with van der Waals surface area (Å²) in [4.78, 5) is 0. The maximum atomic E-state index is 5.83. The largest absolute Gasteiger partial charge is 0.492 e. The summed E-state index contributed by atoms with van der Waals surface area (Å²) in [7, 11) is 2.02. The van der Waals surface area contributed by atoms with E-state index in [1.54, 1.807) is 0 Å². The van der Waals surface area contributed by atoms with Crippen LogP contribution >= 0.6 is 0 Å². The first-order valence-corrected chi connectivity index (χ1v) is 5.67. The molecule has 2 rings (SSSR count). The zero-order valence-electron chi connectivity index (χ0n) is 9.49. The number of benzene rings is 1. The van der Waals surface area contributed by atoms with E-state index in [2.05, 4.69) is 18.3 Å². The lowest BCUT2D eigenvalue weighted by atomic mass is 10.2. The van der Waals surface area contributed by atoms with Crippen molar-refractivity contribution < 1.29 is 4.74 Å². The Morgan fingerprint density at radius 2 is 2.13 bits per heavy atom. The third-order valence-corrected chi connectivity index (χ3v) is 3.07. The van der Waals surface area contributed by atoms with E-state index in [-0.39, 0.29) is 0 Å². The first-order valence-electron chi connectivity index (χ1n) is 5.67. The molecule has 1 aromatic rings. The molecule has 1 fully saturated rings. The molecule has 0 aromatic heterocycles. The minimum atomic E-state index is 0.518. The Hall–Kier alpha value is -1.02. The molecule has 0 aliphatic heterocycles. The second-order valence-corrected chi connectivity index (χ2v) is 4.31. The quantitative estimate of drug-likeness (QED) is 0.797. The first kappa shape index (κ1) is 10.5. The smallest absolute Gasteiger partial charge is 0.122 e. The highest BCUT2D eigenvalue weighted by molar-refractivity contribution is 5.31. The summed E-state index contributed by atoms with van der Waals surface area (Å²) in [6.07, 6.45) is 2.70. The molecule has 0 heterocycles. The predicted octanol–water partition coefficient (Wildman–Crippen LogP) is 2.37.